The van der Waals surface area contributed by atoms with Gasteiger partial charge in [0, 0.05) is 12.5 Å². The van der Waals surface area contributed by atoms with Crippen molar-refractivity contribution in [3.63, 3.8) is 0 Å². The van der Waals surface area contributed by atoms with Gasteiger partial charge in [0.1, 0.15) is 6.29 Å². The number of amides is 1. The zero-order valence-electron chi connectivity index (χ0n) is 9.90. The summed E-state index contributed by atoms with van der Waals surface area (Å²) < 4.78 is 0. The number of hydrogen-bond donors (Lipinski definition) is 0. The molecular weight excluding hydrogens is 190 g/mol. The van der Waals surface area contributed by atoms with Gasteiger partial charge in [0.15, 0.2) is 0 Å². The van der Waals surface area contributed by atoms with Gasteiger partial charge in [-0.3, -0.25) is 4.79 Å². The second-order valence-electron chi connectivity index (χ2n) is 4.91. The fourth-order valence-electron chi connectivity index (χ4n) is 2.30. The van der Waals surface area contributed by atoms with Crippen LogP contribution in [0, 0.1) is 11.8 Å². The molecule has 0 saturated carbocycles. The first kappa shape index (κ1) is 12.2. The molecule has 0 aromatic heterocycles. The molecule has 1 fully saturated rings. The molecule has 3 nitrogen and oxygen atoms in total. The van der Waals surface area contributed by atoms with Gasteiger partial charge in [-0.1, -0.05) is 20.8 Å². The Morgan fingerprint density at radius 3 is 2.67 bits per heavy atom. The molecule has 2 unspecified atom stereocenters. The van der Waals surface area contributed by atoms with Gasteiger partial charge in [-0.25, -0.2) is 0 Å². The summed E-state index contributed by atoms with van der Waals surface area (Å²) in [6, 6.07) is -0.160. The molecule has 1 saturated heterocycles. The van der Waals surface area contributed by atoms with Gasteiger partial charge in [0.05, 0.1) is 6.04 Å². The Bertz CT molecular complexity index is 238. The molecule has 15 heavy (non-hydrogen) atoms. The van der Waals surface area contributed by atoms with Crippen molar-refractivity contribution >= 4 is 12.2 Å². The Morgan fingerprint density at radius 2 is 2.13 bits per heavy atom. The molecular formula is C12H21NO2. The maximum absolute atomic E-state index is 12.0. The smallest absolute Gasteiger partial charge is 0.226 e. The summed E-state index contributed by atoms with van der Waals surface area (Å²) in [4.78, 5) is 24.5. The second-order valence-corrected chi connectivity index (χ2v) is 4.91. The van der Waals surface area contributed by atoms with Crippen molar-refractivity contribution in [2.24, 2.45) is 11.8 Å². The minimum Gasteiger partial charge on any atom is -0.333 e. The molecule has 2 atom stereocenters. The summed E-state index contributed by atoms with van der Waals surface area (Å²) in [7, 11) is 0. The van der Waals surface area contributed by atoms with Crippen LogP contribution in [0.5, 0.6) is 0 Å². The Hall–Kier alpha value is -0.860. The van der Waals surface area contributed by atoms with Crippen LogP contribution in [0.3, 0.4) is 0 Å². The van der Waals surface area contributed by atoms with E-state index < -0.39 is 0 Å². The van der Waals surface area contributed by atoms with Crippen LogP contribution < -0.4 is 0 Å². The highest BCUT2D eigenvalue weighted by Crippen LogP contribution is 2.21. The number of rotatable bonds is 4. The van der Waals surface area contributed by atoms with E-state index in [0.29, 0.717) is 5.92 Å². The molecule has 3 heteroatoms. The summed E-state index contributed by atoms with van der Waals surface area (Å²) in [5.74, 6) is 0.727. The molecule has 1 aliphatic rings. The summed E-state index contributed by atoms with van der Waals surface area (Å²) in [5, 5.41) is 0. The molecule has 0 aromatic rings. The van der Waals surface area contributed by atoms with Crippen molar-refractivity contribution in [3.8, 4) is 0 Å². The van der Waals surface area contributed by atoms with Gasteiger partial charge < -0.3 is 9.69 Å². The van der Waals surface area contributed by atoms with Gasteiger partial charge in [-0.05, 0) is 25.2 Å². The monoisotopic (exact) mass is 211 g/mol. The van der Waals surface area contributed by atoms with E-state index in [1.807, 2.05) is 6.92 Å². The molecule has 1 amide bonds. The van der Waals surface area contributed by atoms with E-state index >= 15 is 0 Å². The van der Waals surface area contributed by atoms with Crippen molar-refractivity contribution in [2.45, 2.75) is 46.1 Å². The summed E-state index contributed by atoms with van der Waals surface area (Å²) >= 11 is 0. The van der Waals surface area contributed by atoms with E-state index in [1.165, 1.54) is 0 Å². The first-order valence-electron chi connectivity index (χ1n) is 5.82. The van der Waals surface area contributed by atoms with E-state index in [4.69, 9.17) is 0 Å². The maximum atomic E-state index is 12.0. The van der Waals surface area contributed by atoms with Crippen LogP contribution in [0.4, 0.5) is 0 Å². The van der Waals surface area contributed by atoms with Crippen LogP contribution in [-0.4, -0.2) is 29.7 Å². The Morgan fingerprint density at radius 1 is 1.47 bits per heavy atom. The number of nitrogens with zero attached hydrogens (tertiary/aromatic N) is 1. The number of aldehydes is 1. The van der Waals surface area contributed by atoms with Crippen LogP contribution in [0.1, 0.15) is 40.0 Å². The SMILES string of the molecule is CC(C)CC(C)C(=O)N1CCCC1C=O. The van der Waals surface area contributed by atoms with E-state index in [1.54, 1.807) is 4.90 Å². The molecule has 86 valence electrons. The fraction of sp³-hybridized carbons (Fsp3) is 0.833. The second kappa shape index (κ2) is 5.29. The highest BCUT2D eigenvalue weighted by Gasteiger charge is 2.30. The predicted molar refractivity (Wildman–Crippen MR) is 59.4 cm³/mol. The van der Waals surface area contributed by atoms with Crippen molar-refractivity contribution in [3.05, 3.63) is 0 Å². The van der Waals surface area contributed by atoms with E-state index in [9.17, 15) is 9.59 Å². The fourth-order valence-corrected chi connectivity index (χ4v) is 2.30. The van der Waals surface area contributed by atoms with Gasteiger partial charge >= 0.3 is 0 Å². The average molecular weight is 211 g/mol. The van der Waals surface area contributed by atoms with Gasteiger partial charge in [-0.15, -0.1) is 0 Å². The molecule has 1 rings (SSSR count). The molecule has 0 aliphatic carbocycles. The largest absolute Gasteiger partial charge is 0.333 e. The normalized spacial score (nSPS) is 23.2. The summed E-state index contributed by atoms with van der Waals surface area (Å²) in [6.45, 7) is 6.95. The topological polar surface area (TPSA) is 37.4 Å². The third kappa shape index (κ3) is 3.05. The lowest BCUT2D eigenvalue weighted by molar-refractivity contribution is -0.138. The number of hydrogen-bond acceptors (Lipinski definition) is 2. The zero-order chi connectivity index (χ0) is 11.4. The molecule has 1 heterocycles. The highest BCUT2D eigenvalue weighted by molar-refractivity contribution is 5.82. The molecule has 0 aromatic carbocycles. The van der Waals surface area contributed by atoms with Gasteiger partial charge in [-0.2, -0.15) is 0 Å². The zero-order valence-corrected chi connectivity index (χ0v) is 9.90. The van der Waals surface area contributed by atoms with Gasteiger partial charge in [0.2, 0.25) is 5.91 Å². The standard InChI is InChI=1S/C12H21NO2/c1-9(2)7-10(3)12(15)13-6-4-5-11(13)8-14/h8-11H,4-7H2,1-3H3. The van der Waals surface area contributed by atoms with Crippen molar-refractivity contribution in [2.75, 3.05) is 6.54 Å². The summed E-state index contributed by atoms with van der Waals surface area (Å²) in [5.41, 5.74) is 0. The quantitative estimate of drug-likeness (QED) is 0.666. The van der Waals surface area contributed by atoms with Crippen LogP contribution in [-0.2, 0) is 9.59 Å². The van der Waals surface area contributed by atoms with E-state index in [2.05, 4.69) is 13.8 Å². The highest BCUT2D eigenvalue weighted by atomic mass is 16.2. The number of carbonyl (C=O) groups is 2. The number of carbonyl (C=O) groups excluding carboxylic acids is 2. The minimum atomic E-state index is -0.160. The predicted octanol–water partition coefficient (Wildman–Crippen LogP) is 1.86. The van der Waals surface area contributed by atoms with Gasteiger partial charge in [0.25, 0.3) is 0 Å². The first-order chi connectivity index (χ1) is 7.06. The molecule has 0 N–H and O–H groups in total. The Labute approximate surface area is 91.8 Å². The summed E-state index contributed by atoms with van der Waals surface area (Å²) in [6.07, 6.45) is 3.61. The Kier molecular flexibility index (Phi) is 4.30. The van der Waals surface area contributed by atoms with Crippen LogP contribution in [0.15, 0.2) is 0 Å². The minimum absolute atomic E-state index is 0.0468. The maximum Gasteiger partial charge on any atom is 0.226 e. The van der Waals surface area contributed by atoms with E-state index in [-0.39, 0.29) is 17.9 Å². The van der Waals surface area contributed by atoms with Crippen molar-refractivity contribution in [1.29, 1.82) is 0 Å². The molecule has 0 bridgehead atoms. The lowest BCUT2D eigenvalue weighted by atomic mass is 9.97. The molecule has 0 spiro atoms. The number of likely N-dealkylation sites (tertiary alicyclic amines) is 1. The first-order valence-corrected chi connectivity index (χ1v) is 5.82. The van der Waals surface area contributed by atoms with Crippen molar-refractivity contribution in [1.82, 2.24) is 4.90 Å². The van der Waals surface area contributed by atoms with Crippen LogP contribution in [0.2, 0.25) is 0 Å². The van der Waals surface area contributed by atoms with Crippen LogP contribution >= 0.6 is 0 Å². The molecule has 1 aliphatic heterocycles. The molecule has 0 radical (unpaired) electrons. The lowest BCUT2D eigenvalue weighted by Crippen LogP contribution is -2.39. The van der Waals surface area contributed by atoms with E-state index in [0.717, 1.165) is 32.1 Å². The third-order valence-corrected chi connectivity index (χ3v) is 2.99. The third-order valence-electron chi connectivity index (χ3n) is 2.99. The Balaban J connectivity index is 2.55. The van der Waals surface area contributed by atoms with Crippen LogP contribution in [0.25, 0.3) is 0 Å². The van der Waals surface area contributed by atoms with Crippen molar-refractivity contribution < 1.29 is 9.59 Å². The average Bonchev–Trinajstić information content (AvgIpc) is 2.62. The lowest BCUT2D eigenvalue weighted by Gasteiger charge is -2.24.